The van der Waals surface area contributed by atoms with Gasteiger partial charge in [-0.05, 0) is 0 Å². The van der Waals surface area contributed by atoms with Crippen LogP contribution in [0.3, 0.4) is 0 Å². The monoisotopic (exact) mass is 462 g/mol. The van der Waals surface area contributed by atoms with Crippen molar-refractivity contribution in [2.45, 2.75) is 36.9 Å². The third-order valence-electron chi connectivity index (χ3n) is 2.85. The van der Waals surface area contributed by atoms with Gasteiger partial charge >= 0.3 is 65.4 Å². The first-order chi connectivity index (χ1) is 11.2. The first kappa shape index (κ1) is 41.9. The summed E-state index contributed by atoms with van der Waals surface area (Å²) >= 11 is 0. The molecule has 0 fully saturated rings. The van der Waals surface area contributed by atoms with E-state index in [-0.39, 0.29) is 51.5 Å². The molecule has 0 saturated carbocycles. The molecule has 0 rings (SSSR count). The van der Waals surface area contributed by atoms with Crippen LogP contribution in [-0.2, 0) is 33.5 Å². The zero-order valence-electron chi connectivity index (χ0n) is 14.4. The summed E-state index contributed by atoms with van der Waals surface area (Å²) in [4.78, 5) is 66.0. The van der Waals surface area contributed by atoms with Gasteiger partial charge in [-0.15, -0.1) is 0 Å². The number of carbonyl (C=O) groups is 6. The summed E-state index contributed by atoms with van der Waals surface area (Å²) in [6.07, 6.45) is -5.94. The molecular formula is C12H23NaO17. The average molecular weight is 462 g/mol. The van der Waals surface area contributed by atoms with Crippen molar-refractivity contribution >= 4 is 65.4 Å². The van der Waals surface area contributed by atoms with Gasteiger partial charge in [-0.2, -0.15) is 0 Å². The number of hydrogen-bond acceptors (Lipinski definition) is 8. The van der Waals surface area contributed by atoms with Crippen molar-refractivity contribution in [3.05, 3.63) is 0 Å². The molecule has 174 valence electrons. The third kappa shape index (κ3) is 13.0. The topological polar surface area (TPSA) is 359 Å². The van der Waals surface area contributed by atoms with Crippen LogP contribution in [0.4, 0.5) is 0 Å². The molecule has 0 aromatic carbocycles. The predicted molar refractivity (Wildman–Crippen MR) is 92.0 cm³/mol. The summed E-state index contributed by atoms with van der Waals surface area (Å²) in [5, 5.41) is 53.5. The number of ether oxygens (including phenoxy) is 1. The van der Waals surface area contributed by atoms with Crippen LogP contribution < -0.4 is 0 Å². The maximum atomic E-state index is 11.7. The summed E-state index contributed by atoms with van der Waals surface area (Å²) in [6.45, 7) is 0. The summed E-state index contributed by atoms with van der Waals surface area (Å²) < 4.78 is 4.33. The normalized spacial score (nSPS) is 11.1. The van der Waals surface area contributed by atoms with Gasteiger partial charge < -0.3 is 57.3 Å². The van der Waals surface area contributed by atoms with Gasteiger partial charge in [-0.25, -0.2) is 9.59 Å². The van der Waals surface area contributed by atoms with E-state index in [1.165, 1.54) is 0 Å². The first-order valence-corrected chi connectivity index (χ1v) is 6.30. The molecule has 0 amide bonds. The van der Waals surface area contributed by atoms with E-state index in [9.17, 15) is 33.9 Å². The quantitative estimate of drug-likeness (QED) is 0.123. The standard InChI is InChI=1S/C12H14O13.Na.4H2O.H/c13-5(14)1-11(24,9(20)21)4-8(19)25-12(10(22)23,2-6(15)16)3-7(17)18;;;;;;/h24H,1-4H2,(H,13,14)(H,15,16)(H,17,18)(H,20,21)(H,22,23);;4*1H2;. The fourth-order valence-corrected chi connectivity index (χ4v) is 1.77. The van der Waals surface area contributed by atoms with Gasteiger partial charge in [0.05, 0.1) is 25.7 Å². The fraction of sp³-hybridized carbons (Fsp3) is 0.500. The molecule has 0 aromatic heterocycles. The Balaban J connectivity index is -0.000000288. The Bertz CT molecular complexity index is 600. The van der Waals surface area contributed by atoms with E-state index in [0.717, 1.165) is 0 Å². The van der Waals surface area contributed by atoms with Crippen molar-refractivity contribution in [2.24, 2.45) is 0 Å². The molecule has 18 heteroatoms. The number of carboxylic acids is 5. The number of aliphatic carboxylic acids is 5. The van der Waals surface area contributed by atoms with Crippen LogP contribution in [0.2, 0.25) is 0 Å². The Hall–Kier alpha value is -2.38. The second-order valence-electron chi connectivity index (χ2n) is 5.00. The zero-order chi connectivity index (χ0) is 20.0. The average Bonchev–Trinajstić information content (AvgIpc) is 2.34. The number of esters is 1. The molecule has 14 N–H and O–H groups in total. The minimum atomic E-state index is -3.17. The molecule has 0 saturated heterocycles. The van der Waals surface area contributed by atoms with Crippen LogP contribution >= 0.6 is 0 Å². The fourth-order valence-electron chi connectivity index (χ4n) is 1.77. The van der Waals surface area contributed by atoms with E-state index < -0.39 is 72.7 Å². The van der Waals surface area contributed by atoms with E-state index in [4.69, 9.17) is 25.5 Å². The number of rotatable bonds is 11. The van der Waals surface area contributed by atoms with Crippen molar-refractivity contribution in [3.63, 3.8) is 0 Å². The molecule has 30 heavy (non-hydrogen) atoms. The van der Waals surface area contributed by atoms with Gasteiger partial charge in [-0.1, -0.05) is 0 Å². The molecular weight excluding hydrogens is 439 g/mol. The molecule has 17 nitrogen and oxygen atoms in total. The summed E-state index contributed by atoms with van der Waals surface area (Å²) in [6, 6.07) is 0. The molecule has 1 unspecified atom stereocenters. The van der Waals surface area contributed by atoms with Crippen molar-refractivity contribution < 1.29 is 86.0 Å². The van der Waals surface area contributed by atoms with Gasteiger partial charge in [0.1, 0.15) is 0 Å². The summed E-state index contributed by atoms with van der Waals surface area (Å²) in [5.74, 6) is -11.6. The number of hydrogen-bond donors (Lipinski definition) is 6. The summed E-state index contributed by atoms with van der Waals surface area (Å²) in [5.41, 5.74) is -6.24. The minimum absolute atomic E-state index is 0. The molecule has 0 spiro atoms. The van der Waals surface area contributed by atoms with Crippen molar-refractivity contribution in [2.75, 3.05) is 0 Å². The second kappa shape index (κ2) is 16.4. The Morgan fingerprint density at radius 3 is 1.17 bits per heavy atom. The molecule has 0 aliphatic heterocycles. The van der Waals surface area contributed by atoms with Crippen LogP contribution in [-0.4, -0.2) is 129 Å². The number of aliphatic hydroxyl groups is 1. The van der Waals surface area contributed by atoms with Crippen LogP contribution in [0.1, 0.15) is 25.7 Å². The van der Waals surface area contributed by atoms with Gasteiger partial charge in [0, 0.05) is 0 Å². The first-order valence-electron chi connectivity index (χ1n) is 6.30. The van der Waals surface area contributed by atoms with E-state index in [1.54, 1.807) is 0 Å². The van der Waals surface area contributed by atoms with Gasteiger partial charge in [0.15, 0.2) is 5.60 Å². The molecule has 1 atom stereocenters. The van der Waals surface area contributed by atoms with E-state index in [1.807, 2.05) is 0 Å². The summed E-state index contributed by atoms with van der Waals surface area (Å²) in [7, 11) is 0. The van der Waals surface area contributed by atoms with Gasteiger partial charge in [0.25, 0.3) is 0 Å². The van der Waals surface area contributed by atoms with Gasteiger partial charge in [-0.3, -0.25) is 19.2 Å². The second-order valence-corrected chi connectivity index (χ2v) is 5.00. The molecule has 0 aromatic rings. The van der Waals surface area contributed by atoms with Crippen LogP contribution in [0.15, 0.2) is 0 Å². The zero-order valence-corrected chi connectivity index (χ0v) is 14.4. The SMILES string of the molecule is O.O.O.O.O=C(O)CC(O)(CC(=O)OC(CC(=O)O)(CC(=O)O)C(=O)O)C(=O)O.[NaH]. The molecule has 0 aliphatic rings. The molecule has 0 aliphatic carbocycles. The van der Waals surface area contributed by atoms with E-state index in [0.29, 0.717) is 0 Å². The van der Waals surface area contributed by atoms with Crippen LogP contribution in [0.5, 0.6) is 0 Å². The van der Waals surface area contributed by atoms with Crippen molar-refractivity contribution in [1.82, 2.24) is 0 Å². The van der Waals surface area contributed by atoms with Crippen LogP contribution in [0.25, 0.3) is 0 Å². The van der Waals surface area contributed by atoms with Crippen molar-refractivity contribution in [1.29, 1.82) is 0 Å². The predicted octanol–water partition coefficient (Wildman–Crippen LogP) is -5.96. The number of carbonyl (C=O) groups excluding carboxylic acids is 1. The maximum absolute atomic E-state index is 11.7. The van der Waals surface area contributed by atoms with Gasteiger partial charge in [0.2, 0.25) is 5.60 Å². The van der Waals surface area contributed by atoms with Crippen LogP contribution in [0, 0.1) is 0 Å². The van der Waals surface area contributed by atoms with E-state index in [2.05, 4.69) is 4.74 Å². The third-order valence-corrected chi connectivity index (χ3v) is 2.85. The Morgan fingerprint density at radius 1 is 0.600 bits per heavy atom. The molecule has 0 bridgehead atoms. The van der Waals surface area contributed by atoms with Crippen molar-refractivity contribution in [3.8, 4) is 0 Å². The van der Waals surface area contributed by atoms with E-state index >= 15 is 0 Å². The Labute approximate surface area is 188 Å². The Morgan fingerprint density at radius 2 is 0.933 bits per heavy atom. The Kier molecular flexibility index (Phi) is 22.9. The molecule has 0 radical (unpaired) electrons. The number of carboxylic acid groups (broad SMARTS) is 5. The molecule has 0 heterocycles.